The molecule has 1 aliphatic heterocycles. The molecule has 1 saturated heterocycles. The van der Waals surface area contributed by atoms with Crippen molar-refractivity contribution in [3.05, 3.63) is 30.3 Å². The Morgan fingerprint density at radius 1 is 1.30 bits per heavy atom. The molecular formula is C15H25N5. The van der Waals surface area contributed by atoms with Gasteiger partial charge >= 0.3 is 0 Å². The van der Waals surface area contributed by atoms with Crippen LogP contribution in [0.2, 0.25) is 0 Å². The first-order chi connectivity index (χ1) is 9.78. The van der Waals surface area contributed by atoms with Crippen LogP contribution in [0.3, 0.4) is 0 Å². The minimum Gasteiger partial charge on any atom is -0.325 e. The van der Waals surface area contributed by atoms with Gasteiger partial charge in [-0.05, 0) is 57.5 Å². The van der Waals surface area contributed by atoms with E-state index in [2.05, 4.69) is 27.7 Å². The third-order valence-electron chi connectivity index (χ3n) is 3.82. The van der Waals surface area contributed by atoms with Crippen LogP contribution in [-0.2, 0) is 0 Å². The van der Waals surface area contributed by atoms with Gasteiger partial charge in [0.2, 0.25) is 5.96 Å². The molecule has 5 nitrogen and oxygen atoms in total. The maximum absolute atomic E-state index is 5.51. The number of anilines is 1. The lowest BCUT2D eigenvalue weighted by Gasteiger charge is -2.28. The van der Waals surface area contributed by atoms with Crippen molar-refractivity contribution >= 4 is 11.6 Å². The lowest BCUT2D eigenvalue weighted by atomic mass is 9.94. The Hall–Kier alpha value is -1.59. The Balaban J connectivity index is 1.76. The largest absolute Gasteiger partial charge is 0.325 e. The number of likely N-dealkylation sites (tertiary alicyclic amines) is 1. The molecule has 1 aromatic carbocycles. The molecule has 1 aliphatic rings. The molecule has 110 valence electrons. The maximum Gasteiger partial charge on any atom is 0.210 e. The Labute approximate surface area is 121 Å². The van der Waals surface area contributed by atoms with E-state index in [4.69, 9.17) is 5.84 Å². The highest BCUT2D eigenvalue weighted by Gasteiger charge is 2.15. The molecule has 4 N–H and O–H groups in total. The first-order valence-corrected chi connectivity index (χ1v) is 7.29. The van der Waals surface area contributed by atoms with Gasteiger partial charge in [0.25, 0.3) is 0 Å². The minimum absolute atomic E-state index is 0.629. The fourth-order valence-electron chi connectivity index (χ4n) is 2.49. The van der Waals surface area contributed by atoms with Gasteiger partial charge in [-0.15, -0.1) is 0 Å². The average Bonchev–Trinajstić information content (AvgIpc) is 2.49. The molecule has 0 aromatic heterocycles. The Kier molecular flexibility index (Phi) is 5.83. The molecule has 5 heteroatoms. The van der Waals surface area contributed by atoms with Crippen LogP contribution in [0.1, 0.15) is 19.3 Å². The van der Waals surface area contributed by atoms with E-state index in [9.17, 15) is 0 Å². The molecule has 0 aliphatic carbocycles. The number of guanidine groups is 1. The summed E-state index contributed by atoms with van der Waals surface area (Å²) in [4.78, 5) is 6.90. The molecule has 0 unspecified atom stereocenters. The standard InChI is InChI=1S/C15H25N5/c1-20-11-8-13(9-12-20)7-10-17-15(19-16)18-14-5-3-2-4-6-14/h2-6,13H,7-12,16H2,1H3,(H2,17,18,19). The number of rotatable bonds is 4. The summed E-state index contributed by atoms with van der Waals surface area (Å²) in [5.74, 6) is 6.93. The van der Waals surface area contributed by atoms with Crippen LogP contribution in [-0.4, -0.2) is 37.5 Å². The van der Waals surface area contributed by atoms with Crippen molar-refractivity contribution < 1.29 is 0 Å². The summed E-state index contributed by atoms with van der Waals surface area (Å²) in [6.45, 7) is 3.23. The zero-order valence-electron chi connectivity index (χ0n) is 12.2. The average molecular weight is 275 g/mol. The molecule has 2 rings (SSSR count). The van der Waals surface area contributed by atoms with Crippen molar-refractivity contribution in [2.75, 3.05) is 32.0 Å². The minimum atomic E-state index is 0.629. The zero-order valence-corrected chi connectivity index (χ0v) is 12.2. The predicted octanol–water partition coefficient (Wildman–Crippen LogP) is 1.65. The van der Waals surface area contributed by atoms with Crippen LogP contribution in [0.4, 0.5) is 5.69 Å². The second-order valence-electron chi connectivity index (χ2n) is 5.40. The van der Waals surface area contributed by atoms with Crippen molar-refractivity contribution in [3.63, 3.8) is 0 Å². The fourth-order valence-corrected chi connectivity index (χ4v) is 2.49. The van der Waals surface area contributed by atoms with Crippen LogP contribution < -0.4 is 16.6 Å². The Morgan fingerprint density at radius 3 is 2.65 bits per heavy atom. The molecule has 1 aromatic rings. The molecular weight excluding hydrogens is 250 g/mol. The number of benzene rings is 1. The number of piperidine rings is 1. The highest BCUT2D eigenvalue weighted by molar-refractivity contribution is 5.93. The van der Waals surface area contributed by atoms with Gasteiger partial charge in [0.15, 0.2) is 0 Å². The molecule has 0 spiro atoms. The summed E-state index contributed by atoms with van der Waals surface area (Å²) >= 11 is 0. The van der Waals surface area contributed by atoms with Crippen LogP contribution in [0.15, 0.2) is 35.3 Å². The SMILES string of the molecule is CN1CCC(CCN=C(NN)Nc2ccccc2)CC1. The number of nitrogens with two attached hydrogens (primary N) is 1. The van der Waals surface area contributed by atoms with Gasteiger partial charge in [-0.1, -0.05) is 18.2 Å². The number of nitrogens with zero attached hydrogens (tertiary/aromatic N) is 2. The lowest BCUT2D eigenvalue weighted by molar-refractivity contribution is 0.214. The van der Waals surface area contributed by atoms with Gasteiger partial charge in [0, 0.05) is 12.2 Å². The van der Waals surface area contributed by atoms with Crippen LogP contribution >= 0.6 is 0 Å². The number of aliphatic imine (C=N–C) groups is 1. The lowest BCUT2D eigenvalue weighted by Crippen LogP contribution is -2.36. The van der Waals surface area contributed by atoms with E-state index in [1.165, 1.54) is 25.9 Å². The van der Waals surface area contributed by atoms with Gasteiger partial charge in [0.1, 0.15) is 0 Å². The molecule has 1 fully saturated rings. The fraction of sp³-hybridized carbons (Fsp3) is 0.533. The smallest absolute Gasteiger partial charge is 0.210 e. The van der Waals surface area contributed by atoms with Crippen molar-refractivity contribution in [2.24, 2.45) is 16.8 Å². The molecule has 1 heterocycles. The summed E-state index contributed by atoms with van der Waals surface area (Å²) in [5, 5.41) is 3.18. The Morgan fingerprint density at radius 2 is 2.00 bits per heavy atom. The van der Waals surface area contributed by atoms with E-state index >= 15 is 0 Å². The molecule has 0 saturated carbocycles. The van der Waals surface area contributed by atoms with E-state index in [1.54, 1.807) is 0 Å². The van der Waals surface area contributed by atoms with Crippen molar-refractivity contribution in [2.45, 2.75) is 19.3 Å². The topological polar surface area (TPSA) is 65.7 Å². The second-order valence-corrected chi connectivity index (χ2v) is 5.40. The summed E-state index contributed by atoms with van der Waals surface area (Å²) in [5.41, 5.74) is 3.62. The van der Waals surface area contributed by atoms with Gasteiger partial charge in [0.05, 0.1) is 0 Å². The number of hydrogen-bond acceptors (Lipinski definition) is 3. The molecule has 0 atom stereocenters. The van der Waals surface area contributed by atoms with Gasteiger partial charge in [-0.2, -0.15) is 0 Å². The van der Waals surface area contributed by atoms with E-state index in [1.807, 2.05) is 30.3 Å². The number of nitrogens with one attached hydrogen (secondary N) is 2. The highest BCUT2D eigenvalue weighted by atomic mass is 15.3. The summed E-state index contributed by atoms with van der Waals surface area (Å²) in [6, 6.07) is 9.93. The number of hydrogen-bond donors (Lipinski definition) is 3. The first kappa shape index (κ1) is 14.8. The van der Waals surface area contributed by atoms with Gasteiger partial charge in [-0.3, -0.25) is 10.4 Å². The van der Waals surface area contributed by atoms with E-state index in [0.717, 1.165) is 24.6 Å². The number of hydrazine groups is 1. The Bertz CT molecular complexity index is 410. The van der Waals surface area contributed by atoms with Crippen LogP contribution in [0.5, 0.6) is 0 Å². The monoisotopic (exact) mass is 275 g/mol. The van der Waals surface area contributed by atoms with Gasteiger partial charge < -0.3 is 10.2 Å². The maximum atomic E-state index is 5.51. The highest BCUT2D eigenvalue weighted by Crippen LogP contribution is 2.19. The molecule has 0 bridgehead atoms. The summed E-state index contributed by atoms with van der Waals surface area (Å²) in [6.07, 6.45) is 3.70. The van der Waals surface area contributed by atoms with Crippen molar-refractivity contribution in [1.29, 1.82) is 0 Å². The summed E-state index contributed by atoms with van der Waals surface area (Å²) < 4.78 is 0. The first-order valence-electron chi connectivity index (χ1n) is 7.29. The van der Waals surface area contributed by atoms with Crippen LogP contribution in [0, 0.1) is 5.92 Å². The predicted molar refractivity (Wildman–Crippen MR) is 84.5 cm³/mol. The third-order valence-corrected chi connectivity index (χ3v) is 3.82. The van der Waals surface area contributed by atoms with Crippen molar-refractivity contribution in [1.82, 2.24) is 10.3 Å². The zero-order chi connectivity index (χ0) is 14.2. The molecule has 20 heavy (non-hydrogen) atoms. The van der Waals surface area contributed by atoms with Crippen LogP contribution in [0.25, 0.3) is 0 Å². The number of para-hydroxylation sites is 1. The van der Waals surface area contributed by atoms with E-state index in [-0.39, 0.29) is 0 Å². The van der Waals surface area contributed by atoms with Crippen molar-refractivity contribution in [3.8, 4) is 0 Å². The quantitative estimate of drug-likeness (QED) is 0.338. The summed E-state index contributed by atoms with van der Waals surface area (Å²) in [7, 11) is 2.19. The normalized spacial score (nSPS) is 18.0. The van der Waals surface area contributed by atoms with E-state index < -0.39 is 0 Å². The molecule has 0 amide bonds. The third kappa shape index (κ3) is 4.83. The second kappa shape index (κ2) is 7.87. The molecule has 0 radical (unpaired) electrons. The van der Waals surface area contributed by atoms with E-state index in [0.29, 0.717) is 5.96 Å². The van der Waals surface area contributed by atoms with Gasteiger partial charge in [-0.25, -0.2) is 5.84 Å².